The normalized spacial score (nSPS) is 11.9. The topological polar surface area (TPSA) is 61.4 Å². The lowest BCUT2D eigenvalue weighted by molar-refractivity contribution is 0.954. The van der Waals surface area contributed by atoms with Crippen LogP contribution in [0.15, 0.2) is 194 Å². The molecule has 6 nitrogen and oxygen atoms in total. The smallest absolute Gasteiger partial charge is 0.238 e. The second-order valence-corrected chi connectivity index (χ2v) is 16.5. The number of nitrogens with zero attached hydrogens (tertiary/aromatic N) is 6. The van der Waals surface area contributed by atoms with Crippen LogP contribution >= 0.6 is 11.3 Å². The molecule has 0 radical (unpaired) electrons. The maximum Gasteiger partial charge on any atom is 0.238 e. The van der Waals surface area contributed by atoms with Crippen LogP contribution in [0.25, 0.3) is 120 Å². The molecule has 0 fully saturated rings. The summed E-state index contributed by atoms with van der Waals surface area (Å²) in [6.45, 7) is 0. The van der Waals surface area contributed by atoms with E-state index in [4.69, 9.17) is 19.9 Å². The zero-order chi connectivity index (χ0) is 40.0. The third kappa shape index (κ3) is 5.27. The molecule has 0 saturated carbocycles. The van der Waals surface area contributed by atoms with Crippen molar-refractivity contribution in [2.75, 3.05) is 0 Å². The fourth-order valence-electron chi connectivity index (χ4n) is 9.21. The van der Waals surface area contributed by atoms with E-state index in [0.717, 1.165) is 87.3 Å². The SMILES string of the molecule is c1cc(-c2nc3ccccc3s2)cc(-n2c3ccccc3c3ccc4c5ccccc5n(-c5nc(-c6ccc7ccccc7c6)nc(-c6cccc7ccccc67)n5)c4c32)c1. The standard InChI is InChI=1S/C54H32N6S/c1-2-15-35-31-36(28-27-33(35)13-1)51-56-52(44-22-12-16-34-14-3-4-19-39(34)44)58-54(57-51)60-47-25-9-6-21-41(47)43-30-29-42-40-20-5-8-24-46(40)59(49(42)50(43)60)38-18-11-17-37(32-38)53-55-45-23-7-10-26-48(45)61-53/h1-32H. The number of para-hydroxylation sites is 3. The van der Waals surface area contributed by atoms with Crippen molar-refractivity contribution in [1.82, 2.24) is 29.1 Å². The maximum atomic E-state index is 5.45. The highest BCUT2D eigenvalue weighted by Gasteiger charge is 2.24. The molecule has 9 aromatic carbocycles. The van der Waals surface area contributed by atoms with Gasteiger partial charge in [-0.05, 0) is 64.0 Å². The van der Waals surface area contributed by atoms with Crippen LogP contribution in [-0.4, -0.2) is 29.1 Å². The van der Waals surface area contributed by atoms with E-state index in [1.54, 1.807) is 11.3 Å². The molecule has 13 rings (SSSR count). The molecule has 7 heteroatoms. The number of benzene rings is 9. The highest BCUT2D eigenvalue weighted by Crippen LogP contribution is 2.42. The summed E-state index contributed by atoms with van der Waals surface area (Å²) >= 11 is 1.72. The fourth-order valence-corrected chi connectivity index (χ4v) is 10.2. The average Bonchev–Trinajstić information content (AvgIpc) is 4.02. The van der Waals surface area contributed by atoms with E-state index in [1.807, 2.05) is 6.07 Å². The minimum atomic E-state index is 0.555. The van der Waals surface area contributed by atoms with E-state index in [-0.39, 0.29) is 0 Å². The molecule has 4 aromatic heterocycles. The molecule has 0 aliphatic heterocycles. The summed E-state index contributed by atoms with van der Waals surface area (Å²) in [6.07, 6.45) is 0. The fraction of sp³-hybridized carbons (Fsp3) is 0. The quantitative estimate of drug-likeness (QED) is 0.174. The molecule has 0 amide bonds. The van der Waals surface area contributed by atoms with E-state index in [0.29, 0.717) is 17.6 Å². The van der Waals surface area contributed by atoms with E-state index in [9.17, 15) is 0 Å². The van der Waals surface area contributed by atoms with Gasteiger partial charge in [-0.15, -0.1) is 11.3 Å². The Morgan fingerprint density at radius 1 is 0.377 bits per heavy atom. The first-order chi connectivity index (χ1) is 30.2. The first-order valence-corrected chi connectivity index (χ1v) is 21.2. The summed E-state index contributed by atoms with van der Waals surface area (Å²) in [7, 11) is 0. The van der Waals surface area contributed by atoms with Crippen molar-refractivity contribution in [3.8, 4) is 45.0 Å². The zero-order valence-electron chi connectivity index (χ0n) is 32.6. The van der Waals surface area contributed by atoms with Crippen LogP contribution in [0.3, 0.4) is 0 Å². The Kier molecular flexibility index (Phi) is 7.37. The van der Waals surface area contributed by atoms with Gasteiger partial charge < -0.3 is 4.57 Å². The van der Waals surface area contributed by atoms with Gasteiger partial charge in [0.05, 0.1) is 32.3 Å². The van der Waals surface area contributed by atoms with E-state index in [2.05, 4.69) is 197 Å². The minimum Gasteiger partial charge on any atom is -0.307 e. The maximum absolute atomic E-state index is 5.45. The summed E-state index contributed by atoms with van der Waals surface area (Å²) in [5, 5.41) is 10.1. The van der Waals surface area contributed by atoms with Crippen molar-refractivity contribution in [2.24, 2.45) is 0 Å². The highest BCUT2D eigenvalue weighted by atomic mass is 32.1. The molecule has 0 atom stereocenters. The Labute approximate surface area is 353 Å². The summed E-state index contributed by atoms with van der Waals surface area (Å²) in [5.41, 5.74) is 9.27. The van der Waals surface area contributed by atoms with Crippen LogP contribution in [0.5, 0.6) is 0 Å². The molecular formula is C54H32N6S. The number of fused-ring (bicyclic) bond motifs is 10. The van der Waals surface area contributed by atoms with Gasteiger partial charge in [-0.1, -0.05) is 152 Å². The Morgan fingerprint density at radius 2 is 1.02 bits per heavy atom. The molecule has 4 heterocycles. The highest BCUT2D eigenvalue weighted by molar-refractivity contribution is 7.21. The zero-order valence-corrected chi connectivity index (χ0v) is 33.4. The van der Waals surface area contributed by atoms with Crippen molar-refractivity contribution in [3.05, 3.63) is 194 Å². The number of thiazole rings is 1. The Hall–Kier alpha value is -8.00. The van der Waals surface area contributed by atoms with Gasteiger partial charge in [-0.3, -0.25) is 4.57 Å². The molecule has 0 unspecified atom stereocenters. The summed E-state index contributed by atoms with van der Waals surface area (Å²) in [4.78, 5) is 21.2. The van der Waals surface area contributed by atoms with E-state index < -0.39 is 0 Å². The van der Waals surface area contributed by atoms with Crippen LogP contribution in [0, 0.1) is 0 Å². The van der Waals surface area contributed by atoms with Gasteiger partial charge >= 0.3 is 0 Å². The van der Waals surface area contributed by atoms with Crippen molar-refractivity contribution in [2.45, 2.75) is 0 Å². The van der Waals surface area contributed by atoms with Gasteiger partial charge in [0.2, 0.25) is 5.95 Å². The van der Waals surface area contributed by atoms with Gasteiger partial charge in [0, 0.05) is 43.9 Å². The Morgan fingerprint density at radius 3 is 1.84 bits per heavy atom. The van der Waals surface area contributed by atoms with Crippen LogP contribution in [0.4, 0.5) is 0 Å². The lowest BCUT2D eigenvalue weighted by Crippen LogP contribution is -2.07. The van der Waals surface area contributed by atoms with Gasteiger partial charge in [0.25, 0.3) is 0 Å². The van der Waals surface area contributed by atoms with E-state index >= 15 is 0 Å². The number of rotatable bonds is 5. The Balaban J connectivity index is 1.14. The number of hydrogen-bond acceptors (Lipinski definition) is 5. The van der Waals surface area contributed by atoms with E-state index in [1.165, 1.54) is 15.5 Å². The molecule has 0 aliphatic rings. The van der Waals surface area contributed by atoms with Crippen LogP contribution in [0.1, 0.15) is 0 Å². The third-order valence-electron chi connectivity index (χ3n) is 12.0. The summed E-state index contributed by atoms with van der Waals surface area (Å²) in [5.74, 6) is 1.79. The van der Waals surface area contributed by atoms with Gasteiger partial charge in [-0.2, -0.15) is 9.97 Å². The molecule has 0 spiro atoms. The van der Waals surface area contributed by atoms with Gasteiger partial charge in [0.1, 0.15) is 5.01 Å². The van der Waals surface area contributed by atoms with Gasteiger partial charge in [0.15, 0.2) is 11.6 Å². The predicted octanol–water partition coefficient (Wildman–Crippen LogP) is 14.0. The molecule has 0 bridgehead atoms. The number of aromatic nitrogens is 6. The lowest BCUT2D eigenvalue weighted by atomic mass is 10.0. The van der Waals surface area contributed by atoms with Crippen molar-refractivity contribution in [3.63, 3.8) is 0 Å². The molecule has 0 N–H and O–H groups in total. The van der Waals surface area contributed by atoms with Crippen LogP contribution < -0.4 is 0 Å². The summed E-state index contributed by atoms with van der Waals surface area (Å²) < 4.78 is 5.85. The molecular weight excluding hydrogens is 765 g/mol. The lowest BCUT2D eigenvalue weighted by Gasteiger charge is -2.14. The van der Waals surface area contributed by atoms with Crippen molar-refractivity contribution in [1.29, 1.82) is 0 Å². The molecule has 61 heavy (non-hydrogen) atoms. The van der Waals surface area contributed by atoms with Gasteiger partial charge in [-0.25, -0.2) is 9.97 Å². The average molecular weight is 797 g/mol. The minimum absolute atomic E-state index is 0.555. The van der Waals surface area contributed by atoms with Crippen molar-refractivity contribution < 1.29 is 0 Å². The molecule has 0 saturated heterocycles. The molecule has 13 aromatic rings. The second-order valence-electron chi connectivity index (χ2n) is 15.5. The monoisotopic (exact) mass is 796 g/mol. The second kappa shape index (κ2) is 13.3. The summed E-state index contributed by atoms with van der Waals surface area (Å²) in [6, 6.07) is 68.6. The molecule has 0 aliphatic carbocycles. The largest absolute Gasteiger partial charge is 0.307 e. The molecule has 284 valence electrons. The van der Waals surface area contributed by atoms with Crippen LogP contribution in [0.2, 0.25) is 0 Å². The predicted molar refractivity (Wildman–Crippen MR) is 253 cm³/mol. The van der Waals surface area contributed by atoms with Crippen molar-refractivity contribution >= 4 is 86.7 Å². The Bertz CT molecular complexity index is 3870. The first kappa shape index (κ1) is 33.9. The number of hydrogen-bond donors (Lipinski definition) is 0. The third-order valence-corrected chi connectivity index (χ3v) is 13.1. The first-order valence-electron chi connectivity index (χ1n) is 20.4. The van der Waals surface area contributed by atoms with Crippen LogP contribution in [-0.2, 0) is 0 Å².